The van der Waals surface area contributed by atoms with Crippen LogP contribution in [0.25, 0.3) is 0 Å². The molecule has 0 aliphatic carbocycles. The van der Waals surface area contributed by atoms with Gasteiger partial charge in [-0.05, 0) is 20.8 Å². The molecule has 0 aromatic heterocycles. The fraction of sp³-hybridized carbons (Fsp3) is 0.714. The first-order valence-electron chi connectivity index (χ1n) is 5.96. The number of hydrogen-bond acceptors (Lipinski definition) is 2. The van der Waals surface area contributed by atoms with Gasteiger partial charge in [0.15, 0.2) is 0 Å². The second kappa shape index (κ2) is 5.03. The van der Waals surface area contributed by atoms with E-state index < -0.39 is 5.60 Å². The van der Waals surface area contributed by atoms with Crippen LogP contribution >= 0.6 is 0 Å². The minimum atomic E-state index is -0.916. The van der Waals surface area contributed by atoms with Gasteiger partial charge in [-0.1, -0.05) is 24.5 Å². The lowest BCUT2D eigenvalue weighted by molar-refractivity contribution is -0.0393. The van der Waals surface area contributed by atoms with Gasteiger partial charge in [0.25, 0.3) is 0 Å². The van der Waals surface area contributed by atoms with E-state index >= 15 is 0 Å². The monoisotopic (exact) mass is 221 g/mol. The first-order chi connectivity index (χ1) is 7.39. The minimum absolute atomic E-state index is 0.138. The molecule has 1 fully saturated rings. The van der Waals surface area contributed by atoms with E-state index in [0.29, 0.717) is 12.5 Å². The number of rotatable bonds is 2. The molecular weight excluding hydrogens is 198 g/mol. The highest BCUT2D eigenvalue weighted by atomic mass is 16.3. The van der Waals surface area contributed by atoms with Crippen LogP contribution in [0.1, 0.15) is 34.1 Å². The molecule has 0 saturated carbocycles. The number of aliphatic hydroxyl groups is 1. The van der Waals surface area contributed by atoms with Gasteiger partial charge in [0, 0.05) is 31.5 Å². The molecule has 1 aliphatic heterocycles. The summed E-state index contributed by atoms with van der Waals surface area (Å²) >= 11 is 0. The maximum absolute atomic E-state index is 10.2. The van der Waals surface area contributed by atoms with Gasteiger partial charge in [-0.15, -0.1) is 6.42 Å². The van der Waals surface area contributed by atoms with Gasteiger partial charge in [-0.25, -0.2) is 0 Å². The SMILES string of the molecule is C#CC1(O)CC(C)N(CC=C(C)C)CC1C. The molecule has 1 saturated heterocycles. The molecule has 0 radical (unpaired) electrons. The molecule has 1 rings (SSSR count). The quantitative estimate of drug-likeness (QED) is 0.570. The Morgan fingerprint density at radius 2 is 2.19 bits per heavy atom. The molecule has 0 aromatic rings. The van der Waals surface area contributed by atoms with E-state index in [1.165, 1.54) is 5.57 Å². The summed E-state index contributed by atoms with van der Waals surface area (Å²) in [4.78, 5) is 2.38. The molecule has 3 atom stereocenters. The number of piperidine rings is 1. The average Bonchev–Trinajstić information content (AvgIpc) is 2.21. The molecule has 0 spiro atoms. The van der Waals surface area contributed by atoms with Crippen LogP contribution in [0.4, 0.5) is 0 Å². The first-order valence-corrected chi connectivity index (χ1v) is 5.96. The summed E-state index contributed by atoms with van der Waals surface area (Å²) in [5.74, 6) is 2.70. The Balaban J connectivity index is 2.68. The second-order valence-corrected chi connectivity index (χ2v) is 5.26. The fourth-order valence-corrected chi connectivity index (χ4v) is 2.22. The zero-order chi connectivity index (χ0) is 12.3. The van der Waals surface area contributed by atoms with Crippen molar-refractivity contribution in [2.75, 3.05) is 13.1 Å². The summed E-state index contributed by atoms with van der Waals surface area (Å²) in [6.45, 7) is 10.2. The van der Waals surface area contributed by atoms with Crippen LogP contribution in [-0.4, -0.2) is 34.7 Å². The molecule has 0 aromatic carbocycles. The minimum Gasteiger partial charge on any atom is -0.377 e. The maximum Gasteiger partial charge on any atom is 0.130 e. The molecule has 0 bridgehead atoms. The van der Waals surface area contributed by atoms with Crippen LogP contribution in [0.2, 0.25) is 0 Å². The third-order valence-electron chi connectivity index (χ3n) is 3.54. The maximum atomic E-state index is 10.2. The third-order valence-corrected chi connectivity index (χ3v) is 3.54. The lowest BCUT2D eigenvalue weighted by Crippen LogP contribution is -2.54. The highest BCUT2D eigenvalue weighted by Crippen LogP contribution is 2.30. The van der Waals surface area contributed by atoms with Crippen molar-refractivity contribution in [1.82, 2.24) is 4.90 Å². The van der Waals surface area contributed by atoms with Gasteiger partial charge in [0.2, 0.25) is 0 Å². The molecule has 3 unspecified atom stereocenters. The summed E-state index contributed by atoms with van der Waals surface area (Å²) in [6.07, 6.45) is 8.32. The standard InChI is InChI=1S/C14H23NO/c1-6-14(16)9-13(5)15(10-12(14)4)8-7-11(2)3/h1,7,12-13,16H,8-10H2,2-5H3. The summed E-state index contributed by atoms with van der Waals surface area (Å²) in [6, 6.07) is 0.341. The summed E-state index contributed by atoms with van der Waals surface area (Å²) < 4.78 is 0. The number of nitrogens with zero attached hydrogens (tertiary/aromatic N) is 1. The Labute approximate surface area is 99.3 Å². The van der Waals surface area contributed by atoms with Crippen LogP contribution in [0.5, 0.6) is 0 Å². The summed E-state index contributed by atoms with van der Waals surface area (Å²) in [5, 5.41) is 10.2. The normalized spacial score (nSPS) is 35.5. The van der Waals surface area contributed by atoms with Gasteiger partial charge < -0.3 is 5.11 Å². The molecule has 16 heavy (non-hydrogen) atoms. The predicted octanol–water partition coefficient (Wildman–Crippen LogP) is 2.05. The molecule has 2 heteroatoms. The van der Waals surface area contributed by atoms with Crippen molar-refractivity contribution in [2.24, 2.45) is 5.92 Å². The molecular formula is C14H23NO. The highest BCUT2D eigenvalue weighted by molar-refractivity contribution is 5.14. The summed E-state index contributed by atoms with van der Waals surface area (Å²) in [5.41, 5.74) is 0.415. The average molecular weight is 221 g/mol. The van der Waals surface area contributed by atoms with E-state index in [4.69, 9.17) is 6.42 Å². The number of hydrogen-bond donors (Lipinski definition) is 1. The van der Waals surface area contributed by atoms with Crippen LogP contribution in [0.3, 0.4) is 0 Å². The summed E-state index contributed by atoms with van der Waals surface area (Å²) in [7, 11) is 0. The van der Waals surface area contributed by atoms with Crippen molar-refractivity contribution in [3.63, 3.8) is 0 Å². The Hall–Kier alpha value is -0.780. The molecule has 2 nitrogen and oxygen atoms in total. The zero-order valence-electron chi connectivity index (χ0n) is 10.8. The van der Waals surface area contributed by atoms with Crippen LogP contribution in [0, 0.1) is 18.3 Å². The van der Waals surface area contributed by atoms with Crippen molar-refractivity contribution in [3.05, 3.63) is 11.6 Å². The van der Waals surface area contributed by atoms with Gasteiger partial charge in [0.05, 0.1) is 0 Å². The van der Waals surface area contributed by atoms with E-state index in [-0.39, 0.29) is 5.92 Å². The topological polar surface area (TPSA) is 23.5 Å². The Bertz CT molecular complexity index is 311. The Morgan fingerprint density at radius 1 is 1.56 bits per heavy atom. The van der Waals surface area contributed by atoms with E-state index in [9.17, 15) is 5.11 Å². The van der Waals surface area contributed by atoms with Gasteiger partial charge in [-0.2, -0.15) is 0 Å². The van der Waals surface area contributed by atoms with E-state index in [0.717, 1.165) is 13.1 Å². The fourth-order valence-electron chi connectivity index (χ4n) is 2.22. The van der Waals surface area contributed by atoms with Crippen LogP contribution in [-0.2, 0) is 0 Å². The van der Waals surface area contributed by atoms with Crippen molar-refractivity contribution in [2.45, 2.75) is 45.8 Å². The number of terminal acetylenes is 1. The number of likely N-dealkylation sites (tertiary alicyclic amines) is 1. The van der Waals surface area contributed by atoms with Crippen molar-refractivity contribution < 1.29 is 5.11 Å². The predicted molar refractivity (Wildman–Crippen MR) is 68.0 cm³/mol. The van der Waals surface area contributed by atoms with Crippen molar-refractivity contribution in [1.29, 1.82) is 0 Å². The third kappa shape index (κ3) is 2.87. The molecule has 90 valence electrons. The van der Waals surface area contributed by atoms with Gasteiger partial charge >= 0.3 is 0 Å². The van der Waals surface area contributed by atoms with E-state index in [2.05, 4.69) is 37.7 Å². The van der Waals surface area contributed by atoms with Crippen LogP contribution in [0.15, 0.2) is 11.6 Å². The lowest BCUT2D eigenvalue weighted by Gasteiger charge is -2.44. The molecule has 0 amide bonds. The van der Waals surface area contributed by atoms with Crippen LogP contribution < -0.4 is 0 Å². The van der Waals surface area contributed by atoms with Crippen molar-refractivity contribution in [3.8, 4) is 12.3 Å². The first kappa shape index (κ1) is 13.3. The van der Waals surface area contributed by atoms with E-state index in [1.54, 1.807) is 0 Å². The van der Waals surface area contributed by atoms with Gasteiger partial charge in [0.1, 0.15) is 5.60 Å². The Morgan fingerprint density at radius 3 is 2.69 bits per heavy atom. The Kier molecular flexibility index (Phi) is 4.18. The van der Waals surface area contributed by atoms with Crippen molar-refractivity contribution >= 4 is 0 Å². The molecule has 1 N–H and O–H groups in total. The second-order valence-electron chi connectivity index (χ2n) is 5.26. The zero-order valence-corrected chi connectivity index (χ0v) is 10.8. The molecule has 1 heterocycles. The molecule has 1 aliphatic rings. The number of allylic oxidation sites excluding steroid dienone is 1. The largest absolute Gasteiger partial charge is 0.377 e. The smallest absolute Gasteiger partial charge is 0.130 e. The highest BCUT2D eigenvalue weighted by Gasteiger charge is 2.40. The van der Waals surface area contributed by atoms with Gasteiger partial charge in [-0.3, -0.25) is 4.90 Å². The van der Waals surface area contributed by atoms with E-state index in [1.807, 2.05) is 6.92 Å². The lowest BCUT2D eigenvalue weighted by atomic mass is 9.79.